The molecular formula is C22H29N3O3S. The fraction of sp³-hybridized carbons (Fsp3) is 0.409. The first-order valence-corrected chi connectivity index (χ1v) is 11.4. The van der Waals surface area contributed by atoms with Crippen molar-refractivity contribution in [2.24, 2.45) is 0 Å². The summed E-state index contributed by atoms with van der Waals surface area (Å²) in [5, 5.41) is 3.04. The minimum absolute atomic E-state index is 0.0718. The zero-order chi connectivity index (χ0) is 21.0. The van der Waals surface area contributed by atoms with Crippen LogP contribution in [0.4, 0.5) is 5.69 Å². The van der Waals surface area contributed by atoms with Crippen molar-refractivity contribution in [1.29, 1.82) is 0 Å². The predicted molar refractivity (Wildman–Crippen MR) is 115 cm³/mol. The van der Waals surface area contributed by atoms with Crippen LogP contribution in [0, 0.1) is 0 Å². The summed E-state index contributed by atoms with van der Waals surface area (Å²) in [6, 6.07) is 16.0. The zero-order valence-electron chi connectivity index (χ0n) is 17.2. The van der Waals surface area contributed by atoms with Gasteiger partial charge in [0.15, 0.2) is 0 Å². The van der Waals surface area contributed by atoms with Gasteiger partial charge in [0, 0.05) is 31.9 Å². The van der Waals surface area contributed by atoms with E-state index in [-0.39, 0.29) is 11.9 Å². The molecule has 1 aliphatic heterocycles. The fourth-order valence-corrected chi connectivity index (χ4v) is 5.03. The van der Waals surface area contributed by atoms with E-state index in [0.29, 0.717) is 37.0 Å². The number of amides is 1. The number of para-hydroxylation sites is 1. The molecule has 1 amide bonds. The first kappa shape index (κ1) is 21.5. The lowest BCUT2D eigenvalue weighted by Gasteiger charge is -2.36. The fourth-order valence-electron chi connectivity index (χ4n) is 3.59. The van der Waals surface area contributed by atoms with Gasteiger partial charge in [-0.3, -0.25) is 9.69 Å². The molecule has 0 aromatic heterocycles. The Labute approximate surface area is 173 Å². The van der Waals surface area contributed by atoms with Crippen LogP contribution < -0.4 is 5.32 Å². The van der Waals surface area contributed by atoms with Crippen molar-refractivity contribution in [3.05, 3.63) is 60.2 Å². The van der Waals surface area contributed by atoms with Gasteiger partial charge >= 0.3 is 0 Å². The second-order valence-electron chi connectivity index (χ2n) is 7.66. The molecule has 29 heavy (non-hydrogen) atoms. The third-order valence-electron chi connectivity index (χ3n) is 5.42. The van der Waals surface area contributed by atoms with E-state index >= 15 is 0 Å². The second-order valence-corrected chi connectivity index (χ2v) is 9.60. The minimum Gasteiger partial charge on any atom is -0.324 e. The Balaban J connectivity index is 1.62. The molecule has 3 rings (SSSR count). The van der Waals surface area contributed by atoms with E-state index in [1.165, 1.54) is 4.31 Å². The average molecular weight is 416 g/mol. The molecule has 0 spiro atoms. The number of hydrogen-bond acceptors (Lipinski definition) is 4. The predicted octanol–water partition coefficient (Wildman–Crippen LogP) is 3.14. The highest BCUT2D eigenvalue weighted by Gasteiger charge is 2.31. The van der Waals surface area contributed by atoms with Gasteiger partial charge in [-0.2, -0.15) is 4.31 Å². The van der Waals surface area contributed by atoms with Crippen LogP contribution in [0.1, 0.15) is 32.3 Å². The second kappa shape index (κ2) is 9.07. The van der Waals surface area contributed by atoms with Crippen LogP contribution >= 0.6 is 0 Å². The van der Waals surface area contributed by atoms with E-state index in [1.54, 1.807) is 30.3 Å². The summed E-state index contributed by atoms with van der Waals surface area (Å²) in [5.41, 5.74) is 1.94. The van der Waals surface area contributed by atoms with Crippen molar-refractivity contribution < 1.29 is 13.2 Å². The Morgan fingerprint density at radius 1 is 0.897 bits per heavy atom. The van der Waals surface area contributed by atoms with Crippen LogP contribution in [0.15, 0.2) is 59.5 Å². The van der Waals surface area contributed by atoms with Crippen LogP contribution in [0.2, 0.25) is 0 Å². The first-order valence-electron chi connectivity index (χ1n) is 9.99. The van der Waals surface area contributed by atoms with Crippen molar-refractivity contribution in [2.75, 3.05) is 31.5 Å². The highest BCUT2D eigenvalue weighted by molar-refractivity contribution is 7.89. The summed E-state index contributed by atoms with van der Waals surface area (Å²) in [6.45, 7) is 7.85. The molecular weight excluding hydrogens is 386 g/mol. The number of carbonyl (C=O) groups is 1. The lowest BCUT2D eigenvalue weighted by atomic mass is 10.0. The molecule has 7 heteroatoms. The summed E-state index contributed by atoms with van der Waals surface area (Å²) >= 11 is 0. The van der Waals surface area contributed by atoms with E-state index in [0.717, 1.165) is 11.3 Å². The van der Waals surface area contributed by atoms with E-state index in [2.05, 4.69) is 19.2 Å². The number of anilines is 1. The van der Waals surface area contributed by atoms with Crippen molar-refractivity contribution in [1.82, 2.24) is 9.21 Å². The van der Waals surface area contributed by atoms with Crippen molar-refractivity contribution in [3.8, 4) is 0 Å². The topological polar surface area (TPSA) is 69.7 Å². The number of rotatable bonds is 6. The summed E-state index contributed by atoms with van der Waals surface area (Å²) in [6.07, 6.45) is 0. The Morgan fingerprint density at radius 3 is 2.10 bits per heavy atom. The van der Waals surface area contributed by atoms with Gasteiger partial charge in [-0.15, -0.1) is 0 Å². The number of benzene rings is 2. The maximum Gasteiger partial charge on any atom is 0.243 e. The van der Waals surface area contributed by atoms with Gasteiger partial charge in [0.1, 0.15) is 0 Å². The molecule has 1 heterocycles. The van der Waals surface area contributed by atoms with Crippen molar-refractivity contribution >= 4 is 21.6 Å². The van der Waals surface area contributed by atoms with Crippen LogP contribution in [0.25, 0.3) is 0 Å². The van der Waals surface area contributed by atoms with Gasteiger partial charge in [-0.05, 0) is 36.6 Å². The number of carbonyl (C=O) groups excluding carboxylic acids is 1. The SMILES string of the molecule is CC(C)c1ccccc1NC(=O)C(C)N1CCN(S(=O)(=O)c2ccccc2)CC1. The zero-order valence-corrected chi connectivity index (χ0v) is 18.0. The van der Waals surface area contributed by atoms with Gasteiger partial charge in [0.2, 0.25) is 15.9 Å². The van der Waals surface area contributed by atoms with Gasteiger partial charge in [-0.1, -0.05) is 50.2 Å². The Morgan fingerprint density at radius 2 is 1.48 bits per heavy atom. The van der Waals surface area contributed by atoms with Crippen LogP contribution in [0.3, 0.4) is 0 Å². The lowest BCUT2D eigenvalue weighted by Crippen LogP contribution is -2.53. The molecule has 2 aromatic carbocycles. The van der Waals surface area contributed by atoms with Gasteiger partial charge in [0.25, 0.3) is 0 Å². The molecule has 1 atom stereocenters. The molecule has 0 bridgehead atoms. The highest BCUT2D eigenvalue weighted by Crippen LogP contribution is 2.24. The van der Waals surface area contributed by atoms with Gasteiger partial charge < -0.3 is 5.32 Å². The minimum atomic E-state index is -3.49. The third kappa shape index (κ3) is 4.86. The monoisotopic (exact) mass is 415 g/mol. The smallest absolute Gasteiger partial charge is 0.243 e. The summed E-state index contributed by atoms with van der Waals surface area (Å²) < 4.78 is 27.0. The molecule has 1 fully saturated rings. The quantitative estimate of drug-likeness (QED) is 0.787. The molecule has 1 saturated heterocycles. The van der Waals surface area contributed by atoms with Gasteiger partial charge in [0.05, 0.1) is 10.9 Å². The summed E-state index contributed by atoms with van der Waals surface area (Å²) in [4.78, 5) is 15.1. The molecule has 2 aromatic rings. The molecule has 156 valence electrons. The molecule has 0 aliphatic carbocycles. The Kier molecular flexibility index (Phi) is 6.72. The van der Waals surface area contributed by atoms with Gasteiger partial charge in [-0.25, -0.2) is 8.42 Å². The maximum atomic E-state index is 12.8. The van der Waals surface area contributed by atoms with Crippen molar-refractivity contribution in [3.63, 3.8) is 0 Å². The standard InChI is InChI=1S/C22H29N3O3S/c1-17(2)20-11-7-8-12-21(20)23-22(26)18(3)24-13-15-25(16-14-24)29(27,28)19-9-5-4-6-10-19/h4-12,17-18H,13-16H2,1-3H3,(H,23,26). The highest BCUT2D eigenvalue weighted by atomic mass is 32.2. The number of nitrogens with zero attached hydrogens (tertiary/aromatic N) is 2. The Hall–Kier alpha value is -2.22. The lowest BCUT2D eigenvalue weighted by molar-refractivity contribution is -0.121. The molecule has 1 unspecified atom stereocenters. The number of sulfonamides is 1. The number of piperazine rings is 1. The van der Waals surface area contributed by atoms with Crippen LogP contribution in [-0.2, 0) is 14.8 Å². The summed E-state index contributed by atoms with van der Waals surface area (Å²) in [5.74, 6) is 0.242. The number of nitrogens with one attached hydrogen (secondary N) is 1. The first-order chi connectivity index (χ1) is 13.8. The van der Waals surface area contributed by atoms with Crippen LogP contribution in [0.5, 0.6) is 0 Å². The van der Waals surface area contributed by atoms with Crippen molar-refractivity contribution in [2.45, 2.75) is 37.6 Å². The van der Waals surface area contributed by atoms with E-state index in [1.807, 2.05) is 36.1 Å². The number of hydrogen-bond donors (Lipinski definition) is 1. The molecule has 1 aliphatic rings. The van der Waals surface area contributed by atoms with E-state index < -0.39 is 10.0 Å². The molecule has 0 radical (unpaired) electrons. The Bertz CT molecular complexity index is 937. The molecule has 0 saturated carbocycles. The maximum absolute atomic E-state index is 12.8. The normalized spacial score (nSPS) is 17.2. The third-order valence-corrected chi connectivity index (χ3v) is 7.33. The van der Waals surface area contributed by atoms with E-state index in [4.69, 9.17) is 0 Å². The average Bonchev–Trinajstić information content (AvgIpc) is 2.74. The summed E-state index contributed by atoms with van der Waals surface area (Å²) in [7, 11) is -3.49. The molecule has 6 nitrogen and oxygen atoms in total. The van der Waals surface area contributed by atoms with E-state index in [9.17, 15) is 13.2 Å². The largest absolute Gasteiger partial charge is 0.324 e. The van der Waals surface area contributed by atoms with Crippen LogP contribution in [-0.4, -0.2) is 55.8 Å². The molecule has 1 N–H and O–H groups in total.